The van der Waals surface area contributed by atoms with Crippen LogP contribution in [0.4, 0.5) is 34.1 Å². The van der Waals surface area contributed by atoms with Crippen molar-refractivity contribution in [1.29, 1.82) is 0 Å². The molecule has 12 rings (SSSR count). The number of anilines is 6. The van der Waals surface area contributed by atoms with E-state index in [4.69, 9.17) is 0 Å². The Morgan fingerprint density at radius 1 is 0.346 bits per heavy atom. The van der Waals surface area contributed by atoms with Crippen LogP contribution in [0.25, 0.3) is 22.3 Å². The summed E-state index contributed by atoms with van der Waals surface area (Å²) in [5.41, 5.74) is 27.5. The third kappa shape index (κ3) is 8.34. The van der Waals surface area contributed by atoms with Gasteiger partial charge in [-0.3, -0.25) is 0 Å². The van der Waals surface area contributed by atoms with Gasteiger partial charge in [-0.1, -0.05) is 226 Å². The van der Waals surface area contributed by atoms with Gasteiger partial charge in [0, 0.05) is 39.4 Å². The molecule has 0 bridgehead atoms. The standard InChI is InChI=1S/C75H83BN2/c1-69(2,3)50-32-36-63(56(41-50)55-30-24-23-29-54(55)48-25-19-17-20-26-48)78-64-42-51(75(15,16)49-27-21-18-22-28-49)31-35-61(64)76-62-46-59-60(74(13,14)40-39-73(59,11)12)47-65(62)77(66-43-52(70(4,5)6)44-67(78)68(66)76)53-33-34-57-58(45-53)72(9,10)38-37-71(57,7)8/h17-36,41-47H,37-40H2,1-16H3. The first-order valence-electron chi connectivity index (χ1n) is 29.3. The van der Waals surface area contributed by atoms with Crippen molar-refractivity contribution < 1.29 is 0 Å². The zero-order valence-electron chi connectivity index (χ0n) is 49.9. The van der Waals surface area contributed by atoms with E-state index in [0.717, 1.165) is 12.8 Å². The van der Waals surface area contributed by atoms with Gasteiger partial charge in [-0.15, -0.1) is 0 Å². The molecule has 0 amide bonds. The van der Waals surface area contributed by atoms with Crippen LogP contribution in [0, 0.1) is 0 Å². The molecule has 396 valence electrons. The van der Waals surface area contributed by atoms with Crippen LogP contribution in [0.2, 0.25) is 0 Å². The van der Waals surface area contributed by atoms with Gasteiger partial charge in [0.05, 0.1) is 5.69 Å². The molecule has 0 unspecified atom stereocenters. The average molecular weight is 1020 g/mol. The van der Waals surface area contributed by atoms with E-state index in [9.17, 15) is 0 Å². The van der Waals surface area contributed by atoms with E-state index in [-0.39, 0.29) is 44.6 Å². The molecule has 0 aromatic heterocycles. The van der Waals surface area contributed by atoms with E-state index in [0.29, 0.717) is 0 Å². The van der Waals surface area contributed by atoms with E-state index < -0.39 is 0 Å². The molecule has 78 heavy (non-hydrogen) atoms. The zero-order chi connectivity index (χ0) is 55.3. The van der Waals surface area contributed by atoms with E-state index in [2.05, 4.69) is 284 Å². The third-order valence-corrected chi connectivity index (χ3v) is 19.6. The maximum absolute atomic E-state index is 2.74. The highest BCUT2D eigenvalue weighted by Crippen LogP contribution is 2.55. The summed E-state index contributed by atoms with van der Waals surface area (Å²) in [6, 6.07) is 64.5. The lowest BCUT2D eigenvalue weighted by Gasteiger charge is -2.48. The summed E-state index contributed by atoms with van der Waals surface area (Å²) >= 11 is 0. The minimum Gasteiger partial charge on any atom is -0.311 e. The van der Waals surface area contributed by atoms with Gasteiger partial charge in [0.1, 0.15) is 0 Å². The topological polar surface area (TPSA) is 6.48 Å². The van der Waals surface area contributed by atoms with Gasteiger partial charge in [0.15, 0.2) is 0 Å². The summed E-state index contributed by atoms with van der Waals surface area (Å²) in [5.74, 6) is 0. The van der Waals surface area contributed by atoms with E-state index >= 15 is 0 Å². The molecule has 3 heteroatoms. The summed E-state index contributed by atoms with van der Waals surface area (Å²) < 4.78 is 0. The minimum absolute atomic E-state index is 0.0221. The summed E-state index contributed by atoms with van der Waals surface area (Å²) in [6.45, 7) is 39.0. The highest BCUT2D eigenvalue weighted by Gasteiger charge is 2.48. The van der Waals surface area contributed by atoms with Gasteiger partial charge < -0.3 is 9.80 Å². The smallest absolute Gasteiger partial charge is 0.252 e. The molecule has 0 spiro atoms. The first-order chi connectivity index (χ1) is 36.7. The normalized spacial score (nSPS) is 17.6. The molecule has 8 aromatic carbocycles. The van der Waals surface area contributed by atoms with Gasteiger partial charge in [0.25, 0.3) is 6.71 Å². The molecule has 0 atom stereocenters. The third-order valence-electron chi connectivity index (χ3n) is 19.6. The van der Waals surface area contributed by atoms with Crippen LogP contribution in [0.1, 0.15) is 181 Å². The average Bonchev–Trinajstić information content (AvgIpc) is 2.13. The summed E-state index contributed by atoms with van der Waals surface area (Å²) in [7, 11) is 0. The monoisotopic (exact) mass is 1020 g/mol. The Bertz CT molecular complexity index is 3690. The largest absolute Gasteiger partial charge is 0.311 e. The van der Waals surface area contributed by atoms with Crippen molar-refractivity contribution >= 4 is 57.2 Å². The molecule has 0 N–H and O–H groups in total. The van der Waals surface area contributed by atoms with Crippen LogP contribution in [0.15, 0.2) is 164 Å². The molecule has 2 heterocycles. The Morgan fingerprint density at radius 2 is 0.846 bits per heavy atom. The molecule has 0 saturated carbocycles. The summed E-state index contributed by atoms with van der Waals surface area (Å²) in [5, 5.41) is 0. The molecule has 8 aromatic rings. The maximum atomic E-state index is 2.74. The molecule has 2 aliphatic carbocycles. The van der Waals surface area contributed by atoms with Crippen molar-refractivity contribution in [3.63, 3.8) is 0 Å². The quantitative estimate of drug-likeness (QED) is 0.153. The van der Waals surface area contributed by atoms with Crippen molar-refractivity contribution in [2.24, 2.45) is 0 Å². The number of rotatable bonds is 6. The number of hydrogen-bond donors (Lipinski definition) is 0. The highest BCUT2D eigenvalue weighted by molar-refractivity contribution is 7.00. The predicted octanol–water partition coefficient (Wildman–Crippen LogP) is 18.7. The van der Waals surface area contributed by atoms with Gasteiger partial charge in [0.2, 0.25) is 0 Å². The van der Waals surface area contributed by atoms with E-state index in [1.54, 1.807) is 0 Å². The van der Waals surface area contributed by atoms with Crippen LogP contribution in [0.5, 0.6) is 0 Å². The van der Waals surface area contributed by atoms with Crippen molar-refractivity contribution in [1.82, 2.24) is 0 Å². The summed E-state index contributed by atoms with van der Waals surface area (Å²) in [6.07, 6.45) is 4.67. The lowest BCUT2D eigenvalue weighted by atomic mass is 9.33. The lowest BCUT2D eigenvalue weighted by molar-refractivity contribution is 0.332. The maximum Gasteiger partial charge on any atom is 0.252 e. The molecular weight excluding hydrogens is 940 g/mol. The van der Waals surface area contributed by atoms with Crippen LogP contribution in [-0.4, -0.2) is 6.71 Å². The predicted molar refractivity (Wildman–Crippen MR) is 338 cm³/mol. The van der Waals surface area contributed by atoms with Crippen LogP contribution in [-0.2, 0) is 37.9 Å². The van der Waals surface area contributed by atoms with Crippen molar-refractivity contribution in [3.8, 4) is 22.3 Å². The van der Waals surface area contributed by atoms with Crippen molar-refractivity contribution in [2.75, 3.05) is 9.80 Å². The van der Waals surface area contributed by atoms with Gasteiger partial charge in [-0.05, 0) is 184 Å². The van der Waals surface area contributed by atoms with Crippen LogP contribution < -0.4 is 26.2 Å². The summed E-state index contributed by atoms with van der Waals surface area (Å²) in [4.78, 5) is 5.46. The lowest BCUT2D eigenvalue weighted by Crippen LogP contribution is -2.62. The second-order valence-corrected chi connectivity index (χ2v) is 29.2. The van der Waals surface area contributed by atoms with Gasteiger partial charge >= 0.3 is 0 Å². The van der Waals surface area contributed by atoms with Gasteiger partial charge in [-0.2, -0.15) is 0 Å². The molecule has 4 aliphatic rings. The number of nitrogens with zero attached hydrogens (tertiary/aromatic N) is 2. The fourth-order valence-corrected chi connectivity index (χ4v) is 14.1. The fourth-order valence-electron chi connectivity index (χ4n) is 14.1. The van der Waals surface area contributed by atoms with E-state index in [1.165, 1.54) is 130 Å². The van der Waals surface area contributed by atoms with Gasteiger partial charge in [-0.25, -0.2) is 0 Å². The Hall–Kier alpha value is -6.58. The SMILES string of the molecule is CC(C)(C)c1ccc(N2c3cc(C(C)(C)c4ccccc4)ccc3B3c4cc5c(cc4N(c4ccc6c(c4)C(C)(C)CCC6(C)C)c4cc(C(C)(C)C)cc2c43)C(C)(C)CCC5(C)C)c(-c2ccccc2-c2ccccc2)c1. The number of fused-ring (bicyclic) bond motifs is 6. The molecule has 0 radical (unpaired) electrons. The fraction of sp³-hybridized carbons (Fsp3) is 0.360. The molecule has 0 saturated heterocycles. The Labute approximate surface area is 469 Å². The Balaban J connectivity index is 1.24. The van der Waals surface area contributed by atoms with Crippen molar-refractivity contribution in [2.45, 2.75) is 174 Å². The molecule has 2 nitrogen and oxygen atoms in total. The molecule has 2 aliphatic heterocycles. The Kier molecular flexibility index (Phi) is 11.8. The second kappa shape index (κ2) is 17.7. The first kappa shape index (κ1) is 52.1. The zero-order valence-corrected chi connectivity index (χ0v) is 49.9. The highest BCUT2D eigenvalue weighted by atomic mass is 15.2. The second-order valence-electron chi connectivity index (χ2n) is 29.2. The molecular formula is C75H83BN2. The van der Waals surface area contributed by atoms with Crippen molar-refractivity contribution in [3.05, 3.63) is 208 Å². The van der Waals surface area contributed by atoms with Crippen LogP contribution in [0.3, 0.4) is 0 Å². The van der Waals surface area contributed by atoms with E-state index in [1.807, 2.05) is 0 Å². The Morgan fingerprint density at radius 3 is 1.46 bits per heavy atom. The first-order valence-corrected chi connectivity index (χ1v) is 29.3. The minimum atomic E-state index is -0.274. The number of hydrogen-bond acceptors (Lipinski definition) is 2. The number of benzene rings is 8. The molecule has 0 fully saturated rings. The van der Waals surface area contributed by atoms with Crippen LogP contribution >= 0.6 is 0 Å².